The molecule has 0 aromatic carbocycles. The normalized spacial score (nSPS) is 23.1. The van der Waals surface area contributed by atoms with Crippen LogP contribution in [0.1, 0.15) is 80.3 Å². The van der Waals surface area contributed by atoms with Gasteiger partial charge < -0.3 is 9.88 Å². The number of nitrogens with one attached hydrogen (secondary N) is 1. The Morgan fingerprint density at radius 2 is 2.03 bits per heavy atom. The zero-order chi connectivity index (χ0) is 23.8. The van der Waals surface area contributed by atoms with E-state index in [-0.39, 0.29) is 23.4 Å². The van der Waals surface area contributed by atoms with Gasteiger partial charge in [-0.3, -0.25) is 9.78 Å². The molecule has 1 aliphatic carbocycles. The van der Waals surface area contributed by atoms with Crippen molar-refractivity contribution in [3.05, 3.63) is 57.0 Å². The number of carbonyl (C=O) groups excluding carboxylic acids is 1. The van der Waals surface area contributed by atoms with Crippen LogP contribution in [0.2, 0.25) is 0 Å². The lowest BCUT2D eigenvalue weighted by molar-refractivity contribution is 0.103. The molecule has 0 aliphatic heterocycles. The number of nitrogens with zero attached hydrogens (tertiary/aromatic N) is 5. The molecule has 0 unspecified atom stereocenters. The average Bonchev–Trinajstić information content (AvgIpc) is 3.19. The van der Waals surface area contributed by atoms with Crippen molar-refractivity contribution in [1.82, 2.24) is 9.55 Å². The van der Waals surface area contributed by atoms with Crippen LogP contribution in [0, 0.1) is 32.6 Å². The molecule has 0 saturated heterocycles. The fourth-order valence-corrected chi connectivity index (χ4v) is 5.19. The Morgan fingerprint density at radius 1 is 1.34 bits per heavy atom. The summed E-state index contributed by atoms with van der Waals surface area (Å²) in [6.45, 7) is 16.7. The number of pyridine rings is 1. The van der Waals surface area contributed by atoms with E-state index in [2.05, 4.69) is 66.4 Å². The second-order valence-electron chi connectivity index (χ2n) is 10.2. The highest BCUT2D eigenvalue weighted by Gasteiger charge is 2.39. The first kappa shape index (κ1) is 23.9. The molecule has 2 aromatic heterocycles. The van der Waals surface area contributed by atoms with Crippen LogP contribution in [0.25, 0.3) is 10.4 Å². The number of ketones is 1. The monoisotopic (exact) mass is 436 g/mol. The highest BCUT2D eigenvalue weighted by Crippen LogP contribution is 2.39. The molecule has 0 radical (unpaired) electrons. The average molecular weight is 437 g/mol. The van der Waals surface area contributed by atoms with Gasteiger partial charge in [-0.25, -0.2) is 0 Å². The van der Waals surface area contributed by atoms with Crippen LogP contribution in [0.3, 0.4) is 0 Å². The van der Waals surface area contributed by atoms with Crippen LogP contribution in [0.5, 0.6) is 0 Å². The Balaban J connectivity index is 2.02. The maximum Gasteiger partial charge on any atom is 0.198 e. The van der Waals surface area contributed by atoms with Crippen molar-refractivity contribution in [1.29, 1.82) is 0 Å². The summed E-state index contributed by atoms with van der Waals surface area (Å²) in [5.74, 6) is 0.747. The first-order valence-corrected chi connectivity index (χ1v) is 11.5. The van der Waals surface area contributed by atoms with Crippen LogP contribution in [0.4, 0.5) is 5.69 Å². The molecule has 7 nitrogen and oxygen atoms in total. The van der Waals surface area contributed by atoms with Gasteiger partial charge in [0, 0.05) is 45.8 Å². The molecule has 0 spiro atoms. The summed E-state index contributed by atoms with van der Waals surface area (Å²) < 4.78 is 2.16. The van der Waals surface area contributed by atoms with E-state index in [1.165, 1.54) is 0 Å². The van der Waals surface area contributed by atoms with Crippen molar-refractivity contribution in [2.24, 2.45) is 17.0 Å². The molecule has 0 bridgehead atoms. The lowest BCUT2D eigenvalue weighted by atomic mass is 9.94. The number of rotatable bonds is 6. The molecule has 2 aromatic rings. The maximum atomic E-state index is 13.8. The van der Waals surface area contributed by atoms with Gasteiger partial charge in [-0.2, -0.15) is 0 Å². The topological polar surface area (TPSA) is 95.7 Å². The van der Waals surface area contributed by atoms with E-state index < -0.39 is 0 Å². The molecule has 1 N–H and O–H groups in total. The summed E-state index contributed by atoms with van der Waals surface area (Å²) in [7, 11) is 0. The molecule has 3 rings (SSSR count). The number of hydrogen-bond donors (Lipinski definition) is 1. The second-order valence-corrected chi connectivity index (χ2v) is 10.2. The van der Waals surface area contributed by atoms with E-state index in [9.17, 15) is 4.79 Å². The van der Waals surface area contributed by atoms with Gasteiger partial charge in [0.15, 0.2) is 5.78 Å². The van der Waals surface area contributed by atoms with Crippen LogP contribution >= 0.6 is 0 Å². The van der Waals surface area contributed by atoms with Crippen molar-refractivity contribution in [2.45, 2.75) is 85.9 Å². The van der Waals surface area contributed by atoms with E-state index in [4.69, 9.17) is 5.53 Å². The van der Waals surface area contributed by atoms with Gasteiger partial charge >= 0.3 is 0 Å². The standard InChI is InChI=1S/C25H36N6O/c1-9-18-12-21(23(15(18)3)29-30-26)28-20-10-11-27-16(4)22(20)24(32)19-13-31(25(6,7)8)17(5)14(19)2/h10-11,13,15,18,21,23H,9,12H2,1-8H3,(H,27,28)/t15-,18+,21-,23-/m1/s1. The second kappa shape index (κ2) is 8.99. The summed E-state index contributed by atoms with van der Waals surface area (Å²) in [6, 6.07) is 1.70. The van der Waals surface area contributed by atoms with Crippen molar-refractivity contribution in [3.8, 4) is 0 Å². The van der Waals surface area contributed by atoms with Crippen molar-refractivity contribution in [2.75, 3.05) is 5.32 Å². The molecule has 4 atom stereocenters. The Kier molecular flexibility index (Phi) is 6.70. The van der Waals surface area contributed by atoms with Gasteiger partial charge in [-0.05, 0) is 77.0 Å². The minimum atomic E-state index is -0.146. The van der Waals surface area contributed by atoms with Crippen molar-refractivity contribution < 1.29 is 4.79 Å². The van der Waals surface area contributed by atoms with Gasteiger partial charge in [-0.1, -0.05) is 25.4 Å². The van der Waals surface area contributed by atoms with E-state index >= 15 is 0 Å². The number of aryl methyl sites for hydroxylation is 1. The van der Waals surface area contributed by atoms with Crippen LogP contribution < -0.4 is 5.32 Å². The van der Waals surface area contributed by atoms with E-state index in [0.29, 0.717) is 28.7 Å². The van der Waals surface area contributed by atoms with Crippen LogP contribution in [-0.4, -0.2) is 27.4 Å². The van der Waals surface area contributed by atoms with E-state index in [0.717, 1.165) is 29.8 Å². The minimum absolute atomic E-state index is 0.0128. The molecule has 1 fully saturated rings. The lowest BCUT2D eigenvalue weighted by Crippen LogP contribution is -2.30. The van der Waals surface area contributed by atoms with Gasteiger partial charge in [0.2, 0.25) is 0 Å². The summed E-state index contributed by atoms with van der Waals surface area (Å²) in [5.41, 5.74) is 13.8. The molecule has 7 heteroatoms. The molecule has 172 valence electrons. The number of azide groups is 1. The first-order chi connectivity index (χ1) is 15.0. The van der Waals surface area contributed by atoms with Gasteiger partial charge in [0.05, 0.1) is 17.3 Å². The third-order valence-electron chi connectivity index (χ3n) is 7.20. The smallest absolute Gasteiger partial charge is 0.198 e. The summed E-state index contributed by atoms with van der Waals surface area (Å²) in [4.78, 5) is 21.3. The number of hydrogen-bond acceptors (Lipinski definition) is 4. The summed E-state index contributed by atoms with van der Waals surface area (Å²) in [6.07, 6.45) is 5.65. The third kappa shape index (κ3) is 4.26. The lowest BCUT2D eigenvalue weighted by Gasteiger charge is -2.23. The van der Waals surface area contributed by atoms with Crippen LogP contribution in [0.15, 0.2) is 23.6 Å². The zero-order valence-electron chi connectivity index (χ0n) is 20.6. The van der Waals surface area contributed by atoms with E-state index in [1.54, 1.807) is 6.20 Å². The fraction of sp³-hybridized carbons (Fsp3) is 0.600. The largest absolute Gasteiger partial charge is 0.381 e. The van der Waals surface area contributed by atoms with E-state index in [1.807, 2.05) is 26.1 Å². The highest BCUT2D eigenvalue weighted by atomic mass is 16.1. The van der Waals surface area contributed by atoms with Crippen molar-refractivity contribution in [3.63, 3.8) is 0 Å². The Morgan fingerprint density at radius 3 is 2.59 bits per heavy atom. The minimum Gasteiger partial charge on any atom is -0.381 e. The third-order valence-corrected chi connectivity index (χ3v) is 7.20. The highest BCUT2D eigenvalue weighted by molar-refractivity contribution is 6.14. The molecule has 32 heavy (non-hydrogen) atoms. The number of carbonyl (C=O) groups is 1. The quantitative estimate of drug-likeness (QED) is 0.248. The molecule has 2 heterocycles. The van der Waals surface area contributed by atoms with Gasteiger partial charge in [0.25, 0.3) is 0 Å². The SMILES string of the molecule is CC[C@H]1C[C@@H](Nc2ccnc(C)c2C(=O)c2cn(C(C)(C)C)c(C)c2C)[C@H](N=[N+]=[N-])[C@@H]1C. The molecule has 1 saturated carbocycles. The molecule has 0 amide bonds. The Labute approximate surface area is 191 Å². The maximum absolute atomic E-state index is 13.8. The summed E-state index contributed by atoms with van der Waals surface area (Å²) >= 11 is 0. The van der Waals surface area contributed by atoms with Gasteiger partial charge in [0.1, 0.15) is 0 Å². The Bertz CT molecular complexity index is 1060. The predicted octanol–water partition coefficient (Wildman–Crippen LogP) is 6.32. The Hall–Kier alpha value is -2.79. The molecular formula is C25H36N6O. The molecule has 1 aliphatic rings. The fourth-order valence-electron chi connectivity index (χ4n) is 5.19. The number of aromatic nitrogens is 2. The summed E-state index contributed by atoms with van der Waals surface area (Å²) in [5, 5.41) is 7.67. The van der Waals surface area contributed by atoms with Crippen LogP contribution in [-0.2, 0) is 5.54 Å². The van der Waals surface area contributed by atoms with Crippen molar-refractivity contribution >= 4 is 11.5 Å². The zero-order valence-corrected chi connectivity index (χ0v) is 20.6. The first-order valence-electron chi connectivity index (χ1n) is 11.5. The number of anilines is 1. The predicted molar refractivity (Wildman–Crippen MR) is 129 cm³/mol. The molecular weight excluding hydrogens is 400 g/mol. The van der Waals surface area contributed by atoms with Gasteiger partial charge in [-0.15, -0.1) is 0 Å².